The summed E-state index contributed by atoms with van der Waals surface area (Å²) in [6.07, 6.45) is 1.37. The summed E-state index contributed by atoms with van der Waals surface area (Å²) in [7, 11) is 0. The first-order chi connectivity index (χ1) is 10.1. The second kappa shape index (κ2) is 5.13. The molecule has 1 heterocycles. The lowest BCUT2D eigenvalue weighted by molar-refractivity contribution is -0.129. The Morgan fingerprint density at radius 2 is 1.76 bits per heavy atom. The highest BCUT2D eigenvalue weighted by Crippen LogP contribution is 2.31. The number of hydrogen-bond donors (Lipinski definition) is 2. The predicted molar refractivity (Wildman–Crippen MR) is 76.8 cm³/mol. The van der Waals surface area contributed by atoms with Gasteiger partial charge in [0.15, 0.2) is 17.2 Å². The number of carbonyl (C=O) groups excluding carboxylic acids is 1. The minimum absolute atomic E-state index is 0.0646. The maximum atomic E-state index is 11.8. The Morgan fingerprint density at radius 3 is 2.52 bits per heavy atom. The Labute approximate surface area is 120 Å². The third-order valence-electron chi connectivity index (χ3n) is 2.98. The molecule has 2 aromatic carbocycles. The van der Waals surface area contributed by atoms with E-state index in [2.05, 4.69) is 4.99 Å². The van der Waals surface area contributed by atoms with E-state index >= 15 is 0 Å². The number of phenols is 2. The number of aliphatic imine (C=N–C) groups is 1. The minimum Gasteiger partial charge on any atom is -0.504 e. The first kappa shape index (κ1) is 12.9. The number of phenolic OH excluding ortho intramolecular Hbond substituents is 2. The summed E-state index contributed by atoms with van der Waals surface area (Å²) in [5, 5.41) is 19.2. The molecule has 104 valence electrons. The second-order valence-electron chi connectivity index (χ2n) is 4.42. The molecule has 0 spiro atoms. The van der Waals surface area contributed by atoms with Gasteiger partial charge in [-0.05, 0) is 24.3 Å². The lowest BCUT2D eigenvalue weighted by Crippen LogP contribution is -2.04. The van der Waals surface area contributed by atoms with Crippen molar-refractivity contribution in [3.05, 3.63) is 65.4 Å². The Kier molecular flexibility index (Phi) is 3.16. The molecule has 0 saturated heterocycles. The summed E-state index contributed by atoms with van der Waals surface area (Å²) in [6.45, 7) is 0. The zero-order valence-electron chi connectivity index (χ0n) is 10.9. The fraction of sp³-hybridized carbons (Fsp3) is 0. The molecule has 2 N–H and O–H groups in total. The van der Waals surface area contributed by atoms with Gasteiger partial charge in [0, 0.05) is 11.1 Å². The van der Waals surface area contributed by atoms with E-state index in [0.717, 1.165) is 0 Å². The molecular formula is C16H11NO4. The van der Waals surface area contributed by atoms with Crippen LogP contribution >= 0.6 is 0 Å². The molecule has 0 atom stereocenters. The molecule has 0 radical (unpaired) electrons. The van der Waals surface area contributed by atoms with E-state index < -0.39 is 5.97 Å². The van der Waals surface area contributed by atoms with Gasteiger partial charge in [0.1, 0.15) is 0 Å². The van der Waals surface area contributed by atoms with Crippen molar-refractivity contribution in [2.45, 2.75) is 0 Å². The van der Waals surface area contributed by atoms with Crippen molar-refractivity contribution < 1.29 is 19.7 Å². The van der Waals surface area contributed by atoms with Crippen LogP contribution in [0.1, 0.15) is 11.1 Å². The molecule has 21 heavy (non-hydrogen) atoms. The number of rotatable bonds is 2. The van der Waals surface area contributed by atoms with Crippen LogP contribution in [0.5, 0.6) is 11.5 Å². The third-order valence-corrected chi connectivity index (χ3v) is 2.98. The number of benzene rings is 2. The molecule has 0 amide bonds. The van der Waals surface area contributed by atoms with Crippen molar-refractivity contribution in [1.29, 1.82) is 0 Å². The molecule has 1 aliphatic rings. The number of carbonyl (C=O) groups is 1. The largest absolute Gasteiger partial charge is 0.504 e. The highest BCUT2D eigenvalue weighted by Gasteiger charge is 2.24. The summed E-state index contributed by atoms with van der Waals surface area (Å²) in [4.78, 5) is 15.9. The van der Waals surface area contributed by atoms with E-state index in [1.807, 2.05) is 18.2 Å². The van der Waals surface area contributed by atoms with Crippen molar-refractivity contribution in [3.63, 3.8) is 0 Å². The normalized spacial score (nSPS) is 15.9. The fourth-order valence-corrected chi connectivity index (χ4v) is 1.93. The molecule has 5 nitrogen and oxygen atoms in total. The molecule has 0 aliphatic carbocycles. The molecule has 2 aromatic rings. The van der Waals surface area contributed by atoms with Crippen LogP contribution < -0.4 is 0 Å². The highest BCUT2D eigenvalue weighted by molar-refractivity contribution is 6.12. The fourth-order valence-electron chi connectivity index (χ4n) is 1.93. The van der Waals surface area contributed by atoms with Gasteiger partial charge in [-0.25, -0.2) is 9.79 Å². The number of ether oxygens (including phenoxy) is 1. The molecule has 0 unspecified atom stereocenters. The van der Waals surface area contributed by atoms with Crippen molar-refractivity contribution in [2.24, 2.45) is 4.99 Å². The minimum atomic E-state index is -0.600. The zero-order chi connectivity index (χ0) is 14.8. The molecule has 1 aliphatic heterocycles. The number of esters is 1. The van der Waals surface area contributed by atoms with Crippen molar-refractivity contribution in [2.75, 3.05) is 0 Å². The molecule has 0 saturated carbocycles. The Bertz CT molecular complexity index is 763. The number of aromatic hydroxyl groups is 2. The van der Waals surface area contributed by atoms with Crippen LogP contribution in [0, 0.1) is 0 Å². The Balaban J connectivity index is 1.99. The molecule has 3 rings (SSSR count). The Hall–Kier alpha value is -3.08. The third kappa shape index (κ3) is 2.49. The summed E-state index contributed by atoms with van der Waals surface area (Å²) < 4.78 is 5.10. The summed E-state index contributed by atoms with van der Waals surface area (Å²) in [5.41, 5.74) is 1.05. The summed E-state index contributed by atoms with van der Waals surface area (Å²) in [5.74, 6) is -0.952. The summed E-state index contributed by atoms with van der Waals surface area (Å²) >= 11 is 0. The number of para-hydroxylation sites is 1. The smallest absolute Gasteiger partial charge is 0.363 e. The molecule has 0 aromatic heterocycles. The van der Waals surface area contributed by atoms with Gasteiger partial charge in [-0.2, -0.15) is 0 Å². The second-order valence-corrected chi connectivity index (χ2v) is 4.42. The first-order valence-corrected chi connectivity index (χ1v) is 6.24. The predicted octanol–water partition coefficient (Wildman–Crippen LogP) is 2.44. The van der Waals surface area contributed by atoms with E-state index in [9.17, 15) is 15.0 Å². The average molecular weight is 281 g/mol. The molecular weight excluding hydrogens is 270 g/mol. The van der Waals surface area contributed by atoms with E-state index in [1.165, 1.54) is 12.1 Å². The van der Waals surface area contributed by atoms with E-state index in [1.54, 1.807) is 24.3 Å². The topological polar surface area (TPSA) is 79.1 Å². The number of hydrogen-bond acceptors (Lipinski definition) is 5. The van der Waals surface area contributed by atoms with Gasteiger partial charge < -0.3 is 14.9 Å². The maximum absolute atomic E-state index is 11.8. The Morgan fingerprint density at radius 1 is 1.00 bits per heavy atom. The van der Waals surface area contributed by atoms with Crippen LogP contribution in [0.3, 0.4) is 0 Å². The van der Waals surface area contributed by atoms with Crippen LogP contribution in [0.25, 0.3) is 6.08 Å². The zero-order valence-corrected chi connectivity index (χ0v) is 10.9. The SMILES string of the molecule is O=C1OC(c2ccccc2)=N/C1=C/c1cccc(O)c1O. The van der Waals surface area contributed by atoms with Gasteiger partial charge in [-0.3, -0.25) is 0 Å². The van der Waals surface area contributed by atoms with Crippen LogP contribution in [-0.2, 0) is 9.53 Å². The molecule has 0 bridgehead atoms. The van der Waals surface area contributed by atoms with Crippen LogP contribution in [0.15, 0.2) is 59.2 Å². The van der Waals surface area contributed by atoms with Crippen molar-refractivity contribution >= 4 is 17.9 Å². The van der Waals surface area contributed by atoms with Crippen LogP contribution in [0.2, 0.25) is 0 Å². The van der Waals surface area contributed by atoms with Gasteiger partial charge in [-0.15, -0.1) is 0 Å². The van der Waals surface area contributed by atoms with Gasteiger partial charge in [0.05, 0.1) is 0 Å². The quantitative estimate of drug-likeness (QED) is 0.503. The average Bonchev–Trinajstić information content (AvgIpc) is 2.86. The van der Waals surface area contributed by atoms with Gasteiger partial charge in [-0.1, -0.05) is 30.3 Å². The molecule has 5 heteroatoms. The lowest BCUT2D eigenvalue weighted by Gasteiger charge is -2.00. The van der Waals surface area contributed by atoms with Gasteiger partial charge >= 0.3 is 5.97 Å². The summed E-state index contributed by atoms with van der Waals surface area (Å²) in [6, 6.07) is 13.5. The first-order valence-electron chi connectivity index (χ1n) is 6.24. The van der Waals surface area contributed by atoms with Gasteiger partial charge in [0.25, 0.3) is 0 Å². The van der Waals surface area contributed by atoms with Crippen LogP contribution in [0.4, 0.5) is 0 Å². The number of nitrogens with zero attached hydrogens (tertiary/aromatic N) is 1. The van der Waals surface area contributed by atoms with E-state index in [0.29, 0.717) is 11.1 Å². The standard InChI is InChI=1S/C16H11NO4/c18-13-8-4-7-11(14(13)19)9-12-16(20)21-15(17-12)10-5-2-1-3-6-10/h1-9,18-19H/b12-9+. The van der Waals surface area contributed by atoms with Crippen LogP contribution in [-0.4, -0.2) is 22.1 Å². The highest BCUT2D eigenvalue weighted by atomic mass is 16.6. The van der Waals surface area contributed by atoms with Gasteiger partial charge in [0.2, 0.25) is 5.90 Å². The lowest BCUT2D eigenvalue weighted by atomic mass is 10.1. The monoisotopic (exact) mass is 281 g/mol. The van der Waals surface area contributed by atoms with E-state index in [4.69, 9.17) is 4.74 Å². The number of cyclic esters (lactones) is 1. The van der Waals surface area contributed by atoms with Crippen molar-refractivity contribution in [1.82, 2.24) is 0 Å². The van der Waals surface area contributed by atoms with E-state index in [-0.39, 0.29) is 23.1 Å². The van der Waals surface area contributed by atoms with Crippen molar-refractivity contribution in [3.8, 4) is 11.5 Å². The molecule has 0 fully saturated rings. The maximum Gasteiger partial charge on any atom is 0.363 e.